The van der Waals surface area contributed by atoms with E-state index in [0.717, 1.165) is 52.4 Å². The first-order chi connectivity index (χ1) is 7.58. The molecule has 7 heteroatoms. The van der Waals surface area contributed by atoms with Crippen LogP contribution in [0.4, 0.5) is 0 Å². The average molecular weight is 209 g/mol. The Morgan fingerprint density at radius 1 is 0.733 bits per heavy atom. The van der Waals surface area contributed by atoms with E-state index in [1.54, 1.807) is 5.31 Å². The van der Waals surface area contributed by atoms with E-state index >= 15 is 0 Å². The number of nitrogens with one attached hydrogen (secondary N) is 1. The van der Waals surface area contributed by atoms with Gasteiger partial charge in [-0.2, -0.15) is 0 Å². The van der Waals surface area contributed by atoms with Crippen LogP contribution in [-0.4, -0.2) is 90.7 Å². The molecule has 0 spiro atoms. The van der Waals surface area contributed by atoms with Gasteiger partial charge < -0.3 is 19.7 Å². The van der Waals surface area contributed by atoms with Crippen LogP contribution in [0.2, 0.25) is 1.41 Å². The summed E-state index contributed by atoms with van der Waals surface area (Å²) >= 11 is 0. The van der Waals surface area contributed by atoms with Gasteiger partial charge in [-0.05, 0) is 39.3 Å². The van der Waals surface area contributed by atoms with E-state index in [2.05, 4.69) is 38.4 Å². The zero-order valence-corrected chi connectivity index (χ0v) is 10.4. The fraction of sp³-hybridized carbons (Fsp3) is 1.00. The molecule has 1 aliphatic heterocycles. The lowest BCUT2D eigenvalue weighted by Crippen LogP contribution is -2.42. The lowest BCUT2D eigenvalue weighted by Gasteiger charge is -2.27. The number of nitrogens with zero attached hydrogens (tertiary/aromatic N) is 3. The first kappa shape index (κ1) is 11.5. The molecule has 1 aliphatic rings. The monoisotopic (exact) mass is 209 g/mol. The third-order valence-electron chi connectivity index (χ3n) is 3.01. The highest BCUT2D eigenvalue weighted by Crippen LogP contribution is 1.89. The second-order valence-electron chi connectivity index (χ2n) is 4.58. The van der Waals surface area contributed by atoms with Crippen LogP contribution >= 0.6 is 0 Å². The average Bonchev–Trinajstić information content (AvgIpc) is 2.27. The van der Waals surface area contributed by atoms with Crippen LogP contribution in [0.5, 0.6) is 0 Å². The van der Waals surface area contributed by atoms with Gasteiger partial charge in [-0.3, -0.25) is 0 Å². The minimum absolute atomic E-state index is 0.841. The van der Waals surface area contributed by atoms with Crippen molar-refractivity contribution in [2.75, 3.05) is 52.4 Å². The molecule has 1 saturated heterocycles. The van der Waals surface area contributed by atoms with Gasteiger partial charge in [-0.1, -0.05) is 0 Å². The highest BCUT2D eigenvalue weighted by atomic mass is 15.2. The highest BCUT2D eigenvalue weighted by Gasteiger charge is 2.05. The van der Waals surface area contributed by atoms with Crippen molar-refractivity contribution in [2.45, 2.75) is 0 Å². The van der Waals surface area contributed by atoms with E-state index in [4.69, 9.17) is 1.41 Å². The summed E-state index contributed by atoms with van der Waals surface area (Å²) in [5.74, 6) is 0. The van der Waals surface area contributed by atoms with Crippen molar-refractivity contribution in [3.8, 4) is 0 Å². The van der Waals surface area contributed by atoms with Gasteiger partial charge in [0.15, 0.2) is 23.9 Å². The second kappa shape index (κ2) is 7.33. The van der Waals surface area contributed by atoms with Crippen molar-refractivity contribution in [3.05, 3.63) is 0 Å². The molecular weight excluding hydrogens is 185 g/mol. The van der Waals surface area contributed by atoms with Gasteiger partial charge in [0.2, 0.25) is 0 Å². The van der Waals surface area contributed by atoms with Gasteiger partial charge in [0.25, 0.3) is 0 Å². The first-order valence-electron chi connectivity index (χ1n) is 6.32. The molecule has 0 aliphatic carbocycles. The summed E-state index contributed by atoms with van der Waals surface area (Å²) < 4.78 is 7.79. The molecule has 0 aromatic heterocycles. The fourth-order valence-electron chi connectivity index (χ4n) is 1.61. The number of hydrogen-bond donors (Lipinski definition) is 1. The van der Waals surface area contributed by atoms with Crippen LogP contribution in [-0.2, 0) is 0 Å². The van der Waals surface area contributed by atoms with Crippen LogP contribution in [0.1, 0.15) is 0 Å². The van der Waals surface area contributed by atoms with Gasteiger partial charge in [0, 0.05) is 13.1 Å². The standard InChI is InChI=1S/C8H23B3N4/c9-13-3-1-12-2-4-14(10)6-8-15(11)7-5-13/h12H,1-11H2/i/hD. The Morgan fingerprint density at radius 2 is 1.07 bits per heavy atom. The van der Waals surface area contributed by atoms with E-state index in [1.165, 1.54) is 0 Å². The Bertz CT molecular complexity index is 144. The largest absolute Gasteiger partial charge is 0.347 e. The van der Waals surface area contributed by atoms with Gasteiger partial charge in [0.1, 0.15) is 1.41 Å². The van der Waals surface area contributed by atoms with Gasteiger partial charge in [0.05, 0.1) is 0 Å². The molecule has 1 heterocycles. The SMILES string of the molecule is [2H]N1CCN(B)CCN(B)CCN(B)CC1. The minimum Gasteiger partial charge on any atom is -0.347 e. The third kappa shape index (κ3) is 6.25. The van der Waals surface area contributed by atoms with Crippen LogP contribution in [0, 0.1) is 0 Å². The molecule has 0 radical (unpaired) electrons. The summed E-state index contributed by atoms with van der Waals surface area (Å²) in [5, 5.41) is 1.68. The van der Waals surface area contributed by atoms with Crippen LogP contribution in [0.3, 0.4) is 0 Å². The quantitative estimate of drug-likeness (QED) is 0.412. The maximum atomic E-state index is 7.79. The predicted molar refractivity (Wildman–Crippen MR) is 73.2 cm³/mol. The van der Waals surface area contributed by atoms with Gasteiger partial charge in [-0.25, -0.2) is 0 Å². The zero-order valence-electron chi connectivity index (χ0n) is 11.4. The summed E-state index contributed by atoms with van der Waals surface area (Å²) in [5.41, 5.74) is 0. The number of hydrogen-bond acceptors (Lipinski definition) is 4. The zero-order chi connectivity index (χ0) is 12.0. The smallest absolute Gasteiger partial charge is 0.185 e. The molecular formula is C8H23B3N4. The lowest BCUT2D eigenvalue weighted by molar-refractivity contribution is 0.324. The Hall–Kier alpha value is 0.0348. The van der Waals surface area contributed by atoms with Gasteiger partial charge in [-0.15, -0.1) is 0 Å². The Labute approximate surface area is 98.1 Å². The molecule has 0 aromatic rings. The minimum atomic E-state index is 0.841. The Balaban J connectivity index is 2.39. The molecule has 0 amide bonds. The first-order valence-corrected chi connectivity index (χ1v) is 5.87. The summed E-state index contributed by atoms with van der Waals surface area (Å²) in [6, 6.07) is 0. The highest BCUT2D eigenvalue weighted by molar-refractivity contribution is 6.05. The van der Waals surface area contributed by atoms with E-state index in [1.807, 2.05) is 0 Å². The molecule has 0 bridgehead atoms. The van der Waals surface area contributed by atoms with E-state index in [-0.39, 0.29) is 0 Å². The Morgan fingerprint density at radius 3 is 1.47 bits per heavy atom. The molecule has 1 rings (SSSR count). The Kier molecular flexibility index (Phi) is 5.63. The predicted octanol–water partition coefficient (Wildman–Crippen LogP) is -3.86. The lowest BCUT2D eigenvalue weighted by atomic mass is 10.2. The summed E-state index contributed by atoms with van der Waals surface area (Å²) in [6.45, 7) is 8.07. The van der Waals surface area contributed by atoms with Crippen molar-refractivity contribution < 1.29 is 1.41 Å². The molecule has 1 N–H and O–H groups in total. The van der Waals surface area contributed by atoms with Crippen LogP contribution in [0.25, 0.3) is 0 Å². The molecule has 84 valence electrons. The molecule has 0 atom stereocenters. The van der Waals surface area contributed by atoms with Crippen LogP contribution in [0.15, 0.2) is 0 Å². The van der Waals surface area contributed by atoms with E-state index in [9.17, 15) is 0 Å². The van der Waals surface area contributed by atoms with E-state index in [0.29, 0.717) is 0 Å². The maximum absolute atomic E-state index is 7.79. The molecule has 4 nitrogen and oxygen atoms in total. The topological polar surface area (TPSA) is 21.8 Å². The molecule has 1 fully saturated rings. The third-order valence-corrected chi connectivity index (χ3v) is 3.01. The second-order valence-corrected chi connectivity index (χ2v) is 4.58. The van der Waals surface area contributed by atoms with Crippen molar-refractivity contribution in [1.29, 1.82) is 0 Å². The van der Waals surface area contributed by atoms with Crippen molar-refractivity contribution in [2.24, 2.45) is 0 Å². The molecule has 0 aromatic carbocycles. The molecule has 0 saturated carbocycles. The molecule has 15 heavy (non-hydrogen) atoms. The summed E-state index contributed by atoms with van der Waals surface area (Å²) in [6.07, 6.45) is 0. The van der Waals surface area contributed by atoms with Crippen molar-refractivity contribution in [1.82, 2.24) is 19.7 Å². The molecule has 0 unspecified atom stereocenters. The van der Waals surface area contributed by atoms with Crippen LogP contribution < -0.4 is 5.31 Å². The normalized spacial score (nSPS) is 27.9. The maximum Gasteiger partial charge on any atom is 0.185 e. The van der Waals surface area contributed by atoms with Crippen molar-refractivity contribution >= 4 is 23.9 Å². The fourth-order valence-corrected chi connectivity index (χ4v) is 1.61. The summed E-state index contributed by atoms with van der Waals surface area (Å²) in [7, 11) is 6.46. The van der Waals surface area contributed by atoms with Gasteiger partial charge >= 0.3 is 0 Å². The summed E-state index contributed by atoms with van der Waals surface area (Å²) in [4.78, 5) is 7.00. The van der Waals surface area contributed by atoms with E-state index < -0.39 is 0 Å². The number of rotatable bonds is 0. The van der Waals surface area contributed by atoms with Crippen molar-refractivity contribution in [3.63, 3.8) is 0 Å².